The minimum absolute atomic E-state index is 0.0916. The van der Waals surface area contributed by atoms with Gasteiger partial charge in [0.05, 0.1) is 11.1 Å². The van der Waals surface area contributed by atoms with Crippen LogP contribution in [-0.4, -0.2) is 5.78 Å². The van der Waals surface area contributed by atoms with Crippen molar-refractivity contribution in [3.63, 3.8) is 0 Å². The van der Waals surface area contributed by atoms with Gasteiger partial charge in [0.15, 0.2) is 5.78 Å². The molecule has 1 aromatic carbocycles. The molecule has 0 saturated carbocycles. The number of benzene rings is 1. The number of carbonyl (C=O) groups excluding carboxylic acids is 1. The lowest BCUT2D eigenvalue weighted by Gasteiger charge is -2.02. The molecule has 1 aromatic heterocycles. The molecule has 0 unspecified atom stereocenters. The van der Waals surface area contributed by atoms with Gasteiger partial charge in [-0.15, -0.1) is 0 Å². The van der Waals surface area contributed by atoms with Crippen LogP contribution in [0, 0.1) is 26.6 Å². The number of rotatable bonds is 2. The molecule has 0 N–H and O–H groups in total. The molecule has 0 atom stereocenters. The molecule has 17 heavy (non-hydrogen) atoms. The van der Waals surface area contributed by atoms with Crippen LogP contribution in [0.3, 0.4) is 0 Å². The van der Waals surface area contributed by atoms with Crippen molar-refractivity contribution >= 4 is 5.78 Å². The highest BCUT2D eigenvalue weighted by Gasteiger charge is 2.18. The van der Waals surface area contributed by atoms with Crippen LogP contribution in [0.2, 0.25) is 0 Å². The van der Waals surface area contributed by atoms with Crippen molar-refractivity contribution in [1.29, 1.82) is 0 Å². The van der Waals surface area contributed by atoms with Gasteiger partial charge in [-0.1, -0.05) is 11.6 Å². The summed E-state index contributed by atoms with van der Waals surface area (Å²) in [4.78, 5) is 12.2. The fourth-order valence-corrected chi connectivity index (χ4v) is 1.81. The third-order valence-corrected chi connectivity index (χ3v) is 2.65. The van der Waals surface area contributed by atoms with Crippen LogP contribution in [0.4, 0.5) is 4.39 Å². The standard InChI is InChI=1S/C14H13FO2/c1-8-4-5-13(15)12(6-8)14(16)11-7-9(2)17-10(11)3/h4-7H,1-3H3. The van der Waals surface area contributed by atoms with Gasteiger partial charge in [0, 0.05) is 0 Å². The summed E-state index contributed by atoms with van der Waals surface area (Å²) >= 11 is 0. The number of halogens is 1. The van der Waals surface area contributed by atoms with Gasteiger partial charge in [0.25, 0.3) is 0 Å². The zero-order valence-corrected chi connectivity index (χ0v) is 10.0. The molecular formula is C14H13FO2. The van der Waals surface area contributed by atoms with E-state index in [4.69, 9.17) is 4.42 Å². The lowest BCUT2D eigenvalue weighted by atomic mass is 10.0. The highest BCUT2D eigenvalue weighted by atomic mass is 19.1. The Morgan fingerprint density at radius 3 is 2.41 bits per heavy atom. The fourth-order valence-electron chi connectivity index (χ4n) is 1.81. The van der Waals surface area contributed by atoms with Crippen molar-refractivity contribution in [2.24, 2.45) is 0 Å². The summed E-state index contributed by atoms with van der Waals surface area (Å²) in [5.41, 5.74) is 1.37. The molecule has 2 aromatic rings. The monoisotopic (exact) mass is 232 g/mol. The number of carbonyl (C=O) groups is 1. The van der Waals surface area contributed by atoms with Gasteiger partial charge in [-0.2, -0.15) is 0 Å². The number of hydrogen-bond donors (Lipinski definition) is 0. The lowest BCUT2D eigenvalue weighted by Crippen LogP contribution is -2.05. The van der Waals surface area contributed by atoms with E-state index in [-0.39, 0.29) is 11.3 Å². The van der Waals surface area contributed by atoms with Crippen LogP contribution >= 0.6 is 0 Å². The van der Waals surface area contributed by atoms with E-state index in [9.17, 15) is 9.18 Å². The maximum absolute atomic E-state index is 13.6. The van der Waals surface area contributed by atoms with E-state index >= 15 is 0 Å². The zero-order chi connectivity index (χ0) is 12.6. The van der Waals surface area contributed by atoms with Gasteiger partial charge >= 0.3 is 0 Å². The molecule has 0 bridgehead atoms. The third-order valence-electron chi connectivity index (χ3n) is 2.65. The predicted molar refractivity (Wildman–Crippen MR) is 62.8 cm³/mol. The second-order valence-electron chi connectivity index (χ2n) is 4.14. The van der Waals surface area contributed by atoms with Gasteiger partial charge in [0.1, 0.15) is 17.3 Å². The van der Waals surface area contributed by atoms with E-state index in [2.05, 4.69) is 0 Å². The Kier molecular flexibility index (Phi) is 2.84. The summed E-state index contributed by atoms with van der Waals surface area (Å²) in [5, 5.41) is 0. The summed E-state index contributed by atoms with van der Waals surface area (Å²) in [5.74, 6) is 0.340. The molecule has 1 heterocycles. The molecule has 0 aliphatic rings. The first-order valence-electron chi connectivity index (χ1n) is 5.37. The van der Waals surface area contributed by atoms with Crippen LogP contribution in [0.1, 0.15) is 33.0 Å². The SMILES string of the molecule is Cc1ccc(F)c(C(=O)c2cc(C)oc2C)c1. The minimum Gasteiger partial charge on any atom is -0.466 e. The summed E-state index contributed by atoms with van der Waals surface area (Å²) in [6, 6.07) is 6.14. The highest BCUT2D eigenvalue weighted by molar-refractivity contribution is 6.09. The average Bonchev–Trinajstić information content (AvgIpc) is 2.60. The molecule has 2 rings (SSSR count). The largest absolute Gasteiger partial charge is 0.466 e. The molecule has 0 saturated heterocycles. The molecule has 0 aliphatic carbocycles. The summed E-state index contributed by atoms with van der Waals surface area (Å²) in [7, 11) is 0. The number of ketones is 1. The molecular weight excluding hydrogens is 219 g/mol. The van der Waals surface area contributed by atoms with E-state index in [0.717, 1.165) is 5.56 Å². The maximum Gasteiger partial charge on any atom is 0.199 e. The van der Waals surface area contributed by atoms with Gasteiger partial charge in [-0.25, -0.2) is 4.39 Å². The first kappa shape index (κ1) is 11.6. The zero-order valence-electron chi connectivity index (χ0n) is 10.0. The first-order valence-corrected chi connectivity index (χ1v) is 5.37. The van der Waals surface area contributed by atoms with Crippen LogP contribution < -0.4 is 0 Å². The number of aryl methyl sites for hydroxylation is 3. The second-order valence-corrected chi connectivity index (χ2v) is 4.14. The highest BCUT2D eigenvalue weighted by Crippen LogP contribution is 2.20. The van der Waals surface area contributed by atoms with E-state index < -0.39 is 5.82 Å². The molecule has 88 valence electrons. The Balaban J connectivity index is 2.50. The van der Waals surface area contributed by atoms with Crippen molar-refractivity contribution in [3.8, 4) is 0 Å². The molecule has 0 spiro atoms. The van der Waals surface area contributed by atoms with Crippen LogP contribution in [0.5, 0.6) is 0 Å². The Hall–Kier alpha value is -1.90. The lowest BCUT2D eigenvalue weighted by molar-refractivity contribution is 0.103. The van der Waals surface area contributed by atoms with Gasteiger partial charge in [0.2, 0.25) is 0 Å². The predicted octanol–water partition coefficient (Wildman–Crippen LogP) is 3.57. The van der Waals surface area contributed by atoms with Crippen molar-refractivity contribution in [1.82, 2.24) is 0 Å². The number of furan rings is 1. The molecule has 0 amide bonds. The van der Waals surface area contributed by atoms with Gasteiger partial charge in [-0.05, 0) is 39.0 Å². The van der Waals surface area contributed by atoms with Crippen molar-refractivity contribution in [2.75, 3.05) is 0 Å². The van der Waals surface area contributed by atoms with Crippen molar-refractivity contribution in [3.05, 3.63) is 58.3 Å². The van der Waals surface area contributed by atoms with Crippen LogP contribution in [0.25, 0.3) is 0 Å². The van der Waals surface area contributed by atoms with Gasteiger partial charge in [-0.3, -0.25) is 4.79 Å². The third kappa shape index (κ3) is 2.13. The Morgan fingerprint density at radius 1 is 1.12 bits per heavy atom. The van der Waals surface area contributed by atoms with E-state index in [1.807, 2.05) is 6.92 Å². The van der Waals surface area contributed by atoms with Crippen LogP contribution in [0.15, 0.2) is 28.7 Å². The summed E-state index contributed by atoms with van der Waals surface area (Å²) < 4.78 is 18.9. The Morgan fingerprint density at radius 2 is 1.82 bits per heavy atom. The van der Waals surface area contributed by atoms with Gasteiger partial charge < -0.3 is 4.42 Å². The Labute approximate surface area is 99.1 Å². The normalized spacial score (nSPS) is 10.6. The van der Waals surface area contributed by atoms with Crippen LogP contribution in [-0.2, 0) is 0 Å². The molecule has 0 fully saturated rings. The van der Waals surface area contributed by atoms with E-state index in [0.29, 0.717) is 17.1 Å². The summed E-state index contributed by atoms with van der Waals surface area (Å²) in [6.07, 6.45) is 0. The first-order chi connectivity index (χ1) is 7.99. The summed E-state index contributed by atoms with van der Waals surface area (Å²) in [6.45, 7) is 5.29. The smallest absolute Gasteiger partial charge is 0.199 e. The molecule has 3 heteroatoms. The molecule has 0 aliphatic heterocycles. The quantitative estimate of drug-likeness (QED) is 0.741. The second kappa shape index (κ2) is 4.17. The van der Waals surface area contributed by atoms with E-state index in [1.165, 1.54) is 6.07 Å². The topological polar surface area (TPSA) is 30.2 Å². The fraction of sp³-hybridized carbons (Fsp3) is 0.214. The molecule has 2 nitrogen and oxygen atoms in total. The Bertz CT molecular complexity index is 582. The number of hydrogen-bond acceptors (Lipinski definition) is 2. The van der Waals surface area contributed by atoms with Crippen molar-refractivity contribution in [2.45, 2.75) is 20.8 Å². The van der Waals surface area contributed by atoms with Crippen molar-refractivity contribution < 1.29 is 13.6 Å². The maximum atomic E-state index is 13.6. The van der Waals surface area contributed by atoms with E-state index in [1.54, 1.807) is 32.0 Å². The average molecular weight is 232 g/mol. The minimum atomic E-state index is -0.501. The molecule has 0 radical (unpaired) electrons.